The molecular formula is C25H35F3. The van der Waals surface area contributed by atoms with Crippen molar-refractivity contribution in [2.45, 2.75) is 89.9 Å². The van der Waals surface area contributed by atoms with Crippen molar-refractivity contribution < 1.29 is 13.2 Å². The molecule has 0 amide bonds. The summed E-state index contributed by atoms with van der Waals surface area (Å²) in [6.45, 7) is 2.24. The van der Waals surface area contributed by atoms with Gasteiger partial charge < -0.3 is 0 Å². The SMILES string of the molecule is CCCCCc1ccc(C2CCC(C3CCC(C(F)=C(F)F)CC3)CC2)cc1. The number of allylic oxidation sites excluding steroid dienone is 1. The summed E-state index contributed by atoms with van der Waals surface area (Å²) in [6.07, 6.45) is 10.8. The summed E-state index contributed by atoms with van der Waals surface area (Å²) in [5.41, 5.74) is 2.93. The van der Waals surface area contributed by atoms with E-state index in [1.165, 1.54) is 62.5 Å². The quantitative estimate of drug-likeness (QED) is 0.408. The van der Waals surface area contributed by atoms with E-state index in [1.54, 1.807) is 0 Å². The van der Waals surface area contributed by atoms with Gasteiger partial charge in [-0.15, -0.1) is 0 Å². The number of hydrogen-bond donors (Lipinski definition) is 0. The maximum atomic E-state index is 13.5. The molecule has 0 aromatic heterocycles. The summed E-state index contributed by atoms with van der Waals surface area (Å²) < 4.78 is 38.4. The third-order valence-corrected chi connectivity index (χ3v) is 7.27. The van der Waals surface area contributed by atoms with Crippen molar-refractivity contribution in [3.8, 4) is 0 Å². The summed E-state index contributed by atoms with van der Waals surface area (Å²) in [5, 5.41) is 0. The number of halogens is 3. The first-order chi connectivity index (χ1) is 13.6. The van der Waals surface area contributed by atoms with Crippen LogP contribution in [-0.4, -0.2) is 0 Å². The van der Waals surface area contributed by atoms with E-state index < -0.39 is 17.8 Å². The Balaban J connectivity index is 1.44. The Bertz CT molecular complexity index is 614. The Labute approximate surface area is 168 Å². The van der Waals surface area contributed by atoms with E-state index in [-0.39, 0.29) is 0 Å². The molecule has 0 nitrogen and oxygen atoms in total. The molecule has 28 heavy (non-hydrogen) atoms. The third-order valence-electron chi connectivity index (χ3n) is 7.27. The highest BCUT2D eigenvalue weighted by atomic mass is 19.3. The van der Waals surface area contributed by atoms with Gasteiger partial charge in [-0.05, 0) is 93.1 Å². The van der Waals surface area contributed by atoms with E-state index in [2.05, 4.69) is 31.2 Å². The van der Waals surface area contributed by atoms with E-state index in [0.717, 1.165) is 12.8 Å². The zero-order valence-corrected chi connectivity index (χ0v) is 17.2. The molecule has 0 spiro atoms. The van der Waals surface area contributed by atoms with Gasteiger partial charge in [-0.2, -0.15) is 8.78 Å². The Morgan fingerprint density at radius 2 is 1.36 bits per heavy atom. The second kappa shape index (κ2) is 10.5. The fraction of sp³-hybridized carbons (Fsp3) is 0.680. The van der Waals surface area contributed by atoms with Gasteiger partial charge in [0.25, 0.3) is 0 Å². The van der Waals surface area contributed by atoms with Gasteiger partial charge in [0.1, 0.15) is 0 Å². The number of unbranched alkanes of at least 4 members (excludes halogenated alkanes) is 2. The molecule has 0 unspecified atom stereocenters. The van der Waals surface area contributed by atoms with E-state index in [0.29, 0.717) is 30.6 Å². The van der Waals surface area contributed by atoms with E-state index in [9.17, 15) is 13.2 Å². The van der Waals surface area contributed by atoms with Gasteiger partial charge in [-0.3, -0.25) is 0 Å². The average molecular weight is 393 g/mol. The molecule has 2 aliphatic carbocycles. The molecular weight excluding hydrogens is 357 g/mol. The molecule has 0 bridgehead atoms. The molecule has 3 heteroatoms. The van der Waals surface area contributed by atoms with Crippen LogP contribution in [0.2, 0.25) is 0 Å². The molecule has 0 N–H and O–H groups in total. The number of benzene rings is 1. The fourth-order valence-corrected chi connectivity index (χ4v) is 5.46. The van der Waals surface area contributed by atoms with E-state index in [1.807, 2.05) is 0 Å². The zero-order chi connectivity index (χ0) is 19.9. The van der Waals surface area contributed by atoms with Crippen LogP contribution in [0.25, 0.3) is 0 Å². The molecule has 3 rings (SSSR count). The van der Waals surface area contributed by atoms with Crippen molar-refractivity contribution in [1.82, 2.24) is 0 Å². The summed E-state index contributed by atoms with van der Waals surface area (Å²) in [6, 6.07) is 9.28. The Kier molecular flexibility index (Phi) is 8.05. The molecule has 1 aromatic rings. The molecule has 2 aliphatic rings. The van der Waals surface area contributed by atoms with Crippen LogP contribution in [-0.2, 0) is 6.42 Å². The summed E-state index contributed by atoms with van der Waals surface area (Å²) in [4.78, 5) is 0. The first kappa shape index (κ1) is 21.5. The maximum absolute atomic E-state index is 13.5. The van der Waals surface area contributed by atoms with Crippen LogP contribution in [0.5, 0.6) is 0 Å². The van der Waals surface area contributed by atoms with Crippen molar-refractivity contribution >= 4 is 0 Å². The summed E-state index contributed by atoms with van der Waals surface area (Å²) in [7, 11) is 0. The second-order valence-corrected chi connectivity index (χ2v) is 9.03. The van der Waals surface area contributed by atoms with Crippen molar-refractivity contribution in [2.24, 2.45) is 17.8 Å². The van der Waals surface area contributed by atoms with Crippen LogP contribution in [0.1, 0.15) is 94.6 Å². The maximum Gasteiger partial charge on any atom is 0.301 e. The predicted octanol–water partition coefficient (Wildman–Crippen LogP) is 8.58. The molecule has 0 atom stereocenters. The van der Waals surface area contributed by atoms with Crippen LogP contribution in [0.15, 0.2) is 36.2 Å². The van der Waals surface area contributed by atoms with E-state index in [4.69, 9.17) is 0 Å². The van der Waals surface area contributed by atoms with E-state index >= 15 is 0 Å². The van der Waals surface area contributed by atoms with Gasteiger partial charge in [0.05, 0.1) is 0 Å². The molecule has 0 radical (unpaired) electrons. The van der Waals surface area contributed by atoms with Gasteiger partial charge in [0.2, 0.25) is 0 Å². The monoisotopic (exact) mass is 392 g/mol. The van der Waals surface area contributed by atoms with Crippen LogP contribution in [0.3, 0.4) is 0 Å². The highest BCUT2D eigenvalue weighted by Crippen LogP contribution is 2.45. The van der Waals surface area contributed by atoms with Crippen molar-refractivity contribution in [3.05, 3.63) is 47.3 Å². The second-order valence-electron chi connectivity index (χ2n) is 9.03. The minimum Gasteiger partial charge on any atom is -0.206 e. The molecule has 0 heterocycles. The topological polar surface area (TPSA) is 0 Å². The minimum absolute atomic E-state index is 0.534. The molecule has 1 aromatic carbocycles. The smallest absolute Gasteiger partial charge is 0.206 e. The lowest BCUT2D eigenvalue weighted by Gasteiger charge is -2.37. The highest BCUT2D eigenvalue weighted by Gasteiger charge is 2.33. The van der Waals surface area contributed by atoms with Crippen molar-refractivity contribution in [2.75, 3.05) is 0 Å². The first-order valence-corrected chi connectivity index (χ1v) is 11.4. The first-order valence-electron chi connectivity index (χ1n) is 11.4. The molecule has 0 saturated heterocycles. The molecule has 156 valence electrons. The number of aryl methyl sites for hydroxylation is 1. The third kappa shape index (κ3) is 5.64. The molecule has 2 saturated carbocycles. The Morgan fingerprint density at radius 3 is 1.89 bits per heavy atom. The lowest BCUT2D eigenvalue weighted by Crippen LogP contribution is -2.25. The van der Waals surface area contributed by atoms with Gasteiger partial charge in [0.15, 0.2) is 5.83 Å². The van der Waals surface area contributed by atoms with Gasteiger partial charge in [-0.1, -0.05) is 44.0 Å². The number of rotatable bonds is 7. The zero-order valence-electron chi connectivity index (χ0n) is 17.2. The average Bonchev–Trinajstić information content (AvgIpc) is 2.74. The largest absolute Gasteiger partial charge is 0.301 e. The van der Waals surface area contributed by atoms with Crippen LogP contribution >= 0.6 is 0 Å². The summed E-state index contributed by atoms with van der Waals surface area (Å²) in [5.74, 6) is 0.286. The van der Waals surface area contributed by atoms with Crippen molar-refractivity contribution in [3.63, 3.8) is 0 Å². The lowest BCUT2D eigenvalue weighted by atomic mass is 9.68. The molecule has 2 fully saturated rings. The van der Waals surface area contributed by atoms with Crippen molar-refractivity contribution in [1.29, 1.82) is 0 Å². The standard InChI is InChI=1S/C25H35F3/c1-2-3-4-5-18-6-8-19(9-7-18)20-10-12-21(13-11-20)22-14-16-23(17-15-22)24(26)25(27)28/h6-9,20-23H,2-5,10-17H2,1H3. The summed E-state index contributed by atoms with van der Waals surface area (Å²) >= 11 is 0. The molecule has 0 aliphatic heterocycles. The van der Waals surface area contributed by atoms with Gasteiger partial charge >= 0.3 is 6.08 Å². The Hall–Kier alpha value is -1.25. The fourth-order valence-electron chi connectivity index (χ4n) is 5.46. The number of hydrogen-bond acceptors (Lipinski definition) is 0. The Morgan fingerprint density at radius 1 is 0.786 bits per heavy atom. The predicted molar refractivity (Wildman–Crippen MR) is 110 cm³/mol. The lowest BCUT2D eigenvalue weighted by molar-refractivity contribution is 0.158. The normalized spacial score (nSPS) is 28.1. The van der Waals surface area contributed by atoms with Crippen LogP contribution < -0.4 is 0 Å². The van der Waals surface area contributed by atoms with Crippen LogP contribution in [0, 0.1) is 17.8 Å². The van der Waals surface area contributed by atoms with Gasteiger partial charge in [0, 0.05) is 5.92 Å². The van der Waals surface area contributed by atoms with Crippen LogP contribution in [0.4, 0.5) is 13.2 Å². The van der Waals surface area contributed by atoms with Gasteiger partial charge in [-0.25, -0.2) is 4.39 Å². The minimum atomic E-state index is -2.11. The highest BCUT2D eigenvalue weighted by molar-refractivity contribution is 5.26.